The van der Waals surface area contributed by atoms with Gasteiger partial charge in [0.1, 0.15) is 0 Å². The maximum absolute atomic E-state index is 3.41. The second kappa shape index (κ2) is 3.92. The summed E-state index contributed by atoms with van der Waals surface area (Å²) < 4.78 is 0. The summed E-state index contributed by atoms with van der Waals surface area (Å²) in [6, 6.07) is 13.3. The Bertz CT molecular complexity index is 549. The van der Waals surface area contributed by atoms with Crippen LogP contribution >= 0.6 is 0 Å². The molecule has 0 radical (unpaired) electrons. The van der Waals surface area contributed by atoms with E-state index in [-0.39, 0.29) is 0 Å². The normalized spacial score (nSPS) is 13.3. The number of aryl methyl sites for hydroxylation is 2. The zero-order valence-corrected chi connectivity index (χ0v) is 10.4. The smallest absolute Gasteiger partial charge is 0.0373 e. The molecule has 0 saturated heterocycles. The molecule has 17 heavy (non-hydrogen) atoms. The Labute approximate surface area is 102 Å². The average molecular weight is 223 g/mol. The van der Waals surface area contributed by atoms with Gasteiger partial charge in [-0.3, -0.25) is 0 Å². The topological polar surface area (TPSA) is 12.0 Å². The maximum atomic E-state index is 3.41. The van der Waals surface area contributed by atoms with E-state index in [0.717, 1.165) is 13.0 Å². The zero-order chi connectivity index (χ0) is 11.8. The quantitative estimate of drug-likeness (QED) is 0.772. The largest absolute Gasteiger partial charge is 0.384 e. The summed E-state index contributed by atoms with van der Waals surface area (Å²) in [4.78, 5) is 0. The highest BCUT2D eigenvalue weighted by Crippen LogP contribution is 2.32. The van der Waals surface area contributed by atoms with E-state index in [4.69, 9.17) is 0 Å². The Morgan fingerprint density at radius 2 is 1.76 bits per heavy atom. The molecule has 1 N–H and O–H groups in total. The minimum atomic E-state index is 1.07. The Morgan fingerprint density at radius 1 is 1.00 bits per heavy atom. The van der Waals surface area contributed by atoms with E-state index in [0.29, 0.717) is 0 Å². The number of hydrogen-bond acceptors (Lipinski definition) is 1. The van der Waals surface area contributed by atoms with Crippen molar-refractivity contribution < 1.29 is 0 Å². The molecule has 1 aliphatic rings. The van der Waals surface area contributed by atoms with E-state index in [9.17, 15) is 0 Å². The lowest BCUT2D eigenvalue weighted by Gasteiger charge is -2.11. The first kappa shape index (κ1) is 10.4. The van der Waals surface area contributed by atoms with Gasteiger partial charge in [0.05, 0.1) is 0 Å². The molecule has 0 unspecified atom stereocenters. The van der Waals surface area contributed by atoms with Gasteiger partial charge < -0.3 is 5.32 Å². The molecule has 0 bridgehead atoms. The molecule has 0 saturated carbocycles. The number of hydrogen-bond donors (Lipinski definition) is 1. The molecule has 1 nitrogen and oxygen atoms in total. The summed E-state index contributed by atoms with van der Waals surface area (Å²) in [5.41, 5.74) is 8.21. The van der Waals surface area contributed by atoms with Crippen LogP contribution in [-0.4, -0.2) is 6.54 Å². The highest BCUT2D eigenvalue weighted by molar-refractivity contribution is 5.74. The fraction of sp³-hybridized carbons (Fsp3) is 0.250. The van der Waals surface area contributed by atoms with Crippen LogP contribution in [0.15, 0.2) is 36.4 Å². The van der Waals surface area contributed by atoms with Crippen molar-refractivity contribution in [2.45, 2.75) is 20.3 Å². The molecule has 0 atom stereocenters. The van der Waals surface area contributed by atoms with Gasteiger partial charge in [-0.15, -0.1) is 0 Å². The van der Waals surface area contributed by atoms with Crippen molar-refractivity contribution in [3.63, 3.8) is 0 Å². The van der Waals surface area contributed by atoms with Gasteiger partial charge in [0, 0.05) is 12.2 Å². The molecule has 1 aliphatic heterocycles. The van der Waals surface area contributed by atoms with Crippen LogP contribution in [0.4, 0.5) is 5.69 Å². The van der Waals surface area contributed by atoms with Crippen LogP contribution in [-0.2, 0) is 6.42 Å². The third-order valence-corrected chi connectivity index (χ3v) is 3.58. The van der Waals surface area contributed by atoms with E-state index >= 15 is 0 Å². The van der Waals surface area contributed by atoms with Crippen molar-refractivity contribution in [3.8, 4) is 11.1 Å². The number of rotatable bonds is 1. The number of nitrogens with one attached hydrogen (secondary N) is 1. The predicted molar refractivity (Wildman–Crippen MR) is 73.5 cm³/mol. The lowest BCUT2D eigenvalue weighted by Crippen LogP contribution is -1.90. The standard InChI is InChI=1S/C16H17N/c1-11-4-3-5-12(2)16(11)14-6-7-15-13(10-14)8-9-17-15/h3-7,10,17H,8-9H2,1-2H3. The third-order valence-electron chi connectivity index (χ3n) is 3.58. The molecule has 3 rings (SSSR count). The van der Waals surface area contributed by atoms with Gasteiger partial charge in [0.15, 0.2) is 0 Å². The van der Waals surface area contributed by atoms with Gasteiger partial charge in [-0.1, -0.05) is 24.3 Å². The lowest BCUT2D eigenvalue weighted by molar-refractivity contribution is 1.11. The summed E-state index contributed by atoms with van der Waals surface area (Å²) in [6.07, 6.45) is 1.15. The first-order valence-corrected chi connectivity index (χ1v) is 6.19. The van der Waals surface area contributed by atoms with Gasteiger partial charge in [-0.2, -0.15) is 0 Å². The molecule has 0 spiro atoms. The van der Waals surface area contributed by atoms with E-state index in [2.05, 4.69) is 55.6 Å². The van der Waals surface area contributed by atoms with Gasteiger partial charge in [-0.25, -0.2) is 0 Å². The molecular weight excluding hydrogens is 206 g/mol. The van der Waals surface area contributed by atoms with Gasteiger partial charge in [0.2, 0.25) is 0 Å². The SMILES string of the molecule is Cc1cccc(C)c1-c1ccc2c(c1)CCN2. The Morgan fingerprint density at radius 3 is 2.53 bits per heavy atom. The van der Waals surface area contributed by atoms with Crippen LogP contribution in [0, 0.1) is 13.8 Å². The van der Waals surface area contributed by atoms with Gasteiger partial charge in [0.25, 0.3) is 0 Å². The van der Waals surface area contributed by atoms with Crippen molar-refractivity contribution in [2.75, 3.05) is 11.9 Å². The van der Waals surface area contributed by atoms with Crippen molar-refractivity contribution in [1.82, 2.24) is 0 Å². The fourth-order valence-corrected chi connectivity index (χ4v) is 2.73. The van der Waals surface area contributed by atoms with Crippen LogP contribution in [0.25, 0.3) is 11.1 Å². The van der Waals surface area contributed by atoms with Crippen LogP contribution in [0.1, 0.15) is 16.7 Å². The van der Waals surface area contributed by atoms with Crippen molar-refractivity contribution in [1.29, 1.82) is 0 Å². The molecule has 2 aromatic rings. The number of anilines is 1. The summed E-state index contributed by atoms with van der Waals surface area (Å²) >= 11 is 0. The van der Waals surface area contributed by atoms with E-state index < -0.39 is 0 Å². The van der Waals surface area contributed by atoms with Gasteiger partial charge in [-0.05, 0) is 60.2 Å². The molecule has 1 heterocycles. The highest BCUT2D eigenvalue weighted by atomic mass is 14.9. The fourth-order valence-electron chi connectivity index (χ4n) is 2.73. The van der Waals surface area contributed by atoms with Gasteiger partial charge >= 0.3 is 0 Å². The van der Waals surface area contributed by atoms with Crippen molar-refractivity contribution in [3.05, 3.63) is 53.1 Å². The van der Waals surface area contributed by atoms with Crippen LogP contribution in [0.3, 0.4) is 0 Å². The molecule has 1 heteroatoms. The van der Waals surface area contributed by atoms with Crippen molar-refractivity contribution >= 4 is 5.69 Å². The predicted octanol–water partition coefficient (Wildman–Crippen LogP) is 3.94. The average Bonchev–Trinajstić information content (AvgIpc) is 2.76. The van der Waals surface area contributed by atoms with E-state index in [1.165, 1.54) is 33.5 Å². The van der Waals surface area contributed by atoms with Crippen LogP contribution in [0.5, 0.6) is 0 Å². The summed E-state index contributed by atoms with van der Waals surface area (Å²) in [6.45, 7) is 5.45. The van der Waals surface area contributed by atoms with E-state index in [1.54, 1.807) is 0 Å². The summed E-state index contributed by atoms with van der Waals surface area (Å²) in [5, 5.41) is 3.41. The minimum Gasteiger partial charge on any atom is -0.384 e. The maximum Gasteiger partial charge on any atom is 0.0373 e. The first-order chi connectivity index (χ1) is 8.25. The molecule has 0 aliphatic carbocycles. The lowest BCUT2D eigenvalue weighted by atomic mass is 9.94. The minimum absolute atomic E-state index is 1.07. The number of benzene rings is 2. The van der Waals surface area contributed by atoms with Crippen LogP contribution < -0.4 is 5.32 Å². The molecule has 0 aromatic heterocycles. The number of fused-ring (bicyclic) bond motifs is 1. The molecule has 0 fully saturated rings. The molecular formula is C16H17N. The second-order valence-corrected chi connectivity index (χ2v) is 4.82. The monoisotopic (exact) mass is 223 g/mol. The van der Waals surface area contributed by atoms with Crippen LogP contribution in [0.2, 0.25) is 0 Å². The Kier molecular flexibility index (Phi) is 2.40. The highest BCUT2D eigenvalue weighted by Gasteiger charge is 2.12. The Hall–Kier alpha value is -1.76. The molecule has 0 amide bonds. The first-order valence-electron chi connectivity index (χ1n) is 6.19. The van der Waals surface area contributed by atoms with Crippen molar-refractivity contribution in [2.24, 2.45) is 0 Å². The molecule has 86 valence electrons. The molecule has 2 aromatic carbocycles. The van der Waals surface area contributed by atoms with E-state index in [1.807, 2.05) is 0 Å². The summed E-state index contributed by atoms with van der Waals surface area (Å²) in [7, 11) is 0. The second-order valence-electron chi connectivity index (χ2n) is 4.82. The third kappa shape index (κ3) is 1.72. The summed E-state index contributed by atoms with van der Waals surface area (Å²) in [5.74, 6) is 0. The zero-order valence-electron chi connectivity index (χ0n) is 10.4. The Balaban J connectivity index is 2.16.